The number of rotatable bonds is 4. The average Bonchev–Trinajstić information content (AvgIpc) is 2.58. The number of nitrogens with zero attached hydrogens (tertiary/aromatic N) is 1. The monoisotopic (exact) mass is 416 g/mol. The van der Waals surface area contributed by atoms with Crippen molar-refractivity contribution in [2.24, 2.45) is 0 Å². The third-order valence-corrected chi connectivity index (χ3v) is 4.25. The number of carbonyl (C=O) groups is 1. The molecule has 2 aromatic carbocycles. The first-order valence-electron chi connectivity index (χ1n) is 7.72. The average molecular weight is 418 g/mol. The summed E-state index contributed by atoms with van der Waals surface area (Å²) >= 11 is 3.43. The van der Waals surface area contributed by atoms with E-state index in [9.17, 15) is 4.79 Å². The summed E-state index contributed by atoms with van der Waals surface area (Å²) in [6.07, 6.45) is 3.89. The van der Waals surface area contributed by atoms with Crippen molar-refractivity contribution in [3.05, 3.63) is 83.1 Å². The number of halogens is 2. The van der Waals surface area contributed by atoms with Crippen molar-refractivity contribution in [1.29, 1.82) is 0 Å². The quantitative estimate of drug-likeness (QED) is 0.639. The molecule has 25 heavy (non-hydrogen) atoms. The van der Waals surface area contributed by atoms with Gasteiger partial charge in [0.2, 0.25) is 6.54 Å². The van der Waals surface area contributed by atoms with Gasteiger partial charge in [-0.2, -0.15) is 4.57 Å². The van der Waals surface area contributed by atoms with Crippen LogP contribution in [0.3, 0.4) is 0 Å². The molecule has 0 saturated carbocycles. The molecule has 1 N–H and O–H groups in total. The zero-order valence-corrected chi connectivity index (χ0v) is 16.1. The van der Waals surface area contributed by atoms with Gasteiger partial charge in [-0.1, -0.05) is 46.3 Å². The second kappa shape index (κ2) is 8.79. The van der Waals surface area contributed by atoms with Crippen LogP contribution in [0, 0.1) is 6.92 Å². The normalized spacial score (nSPS) is 10.0. The van der Waals surface area contributed by atoms with Crippen LogP contribution in [0.1, 0.15) is 5.56 Å². The Morgan fingerprint density at radius 3 is 2.48 bits per heavy atom. The zero-order valence-electron chi connectivity index (χ0n) is 13.7. The molecule has 0 atom stereocenters. The molecule has 3 aromatic rings. The van der Waals surface area contributed by atoms with E-state index in [1.807, 2.05) is 72.4 Å². The maximum Gasteiger partial charge on any atom is 0.290 e. The molecule has 0 bridgehead atoms. The topological polar surface area (TPSA) is 33.0 Å². The SMILES string of the molecule is Cc1cc(Br)ccc1NC(=O)C[n+]1cccc(-c2ccccc2)c1.[Cl-]. The van der Waals surface area contributed by atoms with Crippen LogP contribution in [-0.4, -0.2) is 5.91 Å². The predicted molar refractivity (Wildman–Crippen MR) is 99.6 cm³/mol. The lowest BCUT2D eigenvalue weighted by Gasteiger charge is -2.07. The first-order chi connectivity index (χ1) is 11.6. The van der Waals surface area contributed by atoms with E-state index in [-0.39, 0.29) is 24.9 Å². The van der Waals surface area contributed by atoms with E-state index in [1.54, 1.807) is 0 Å². The van der Waals surface area contributed by atoms with Crippen molar-refractivity contribution < 1.29 is 21.8 Å². The molecule has 0 fully saturated rings. The molecular formula is C20H18BrClN2O. The van der Waals surface area contributed by atoms with Gasteiger partial charge in [0, 0.05) is 21.8 Å². The molecule has 3 nitrogen and oxygen atoms in total. The van der Waals surface area contributed by atoms with Crippen LogP contribution in [0.15, 0.2) is 77.5 Å². The van der Waals surface area contributed by atoms with Gasteiger partial charge >= 0.3 is 0 Å². The number of hydrogen-bond acceptors (Lipinski definition) is 1. The van der Waals surface area contributed by atoms with Gasteiger partial charge in [0.15, 0.2) is 12.4 Å². The standard InChI is InChI=1S/C20H17BrN2O.ClH/c1-15-12-18(21)9-10-19(15)22-20(24)14-23-11-5-8-17(13-23)16-6-3-2-4-7-16;/h2-13H,14H2,1H3;1H. The second-order valence-corrected chi connectivity index (χ2v) is 6.55. The van der Waals surface area contributed by atoms with Crippen molar-refractivity contribution >= 4 is 27.5 Å². The Hall–Kier alpha value is -2.17. The lowest BCUT2D eigenvalue weighted by Crippen LogP contribution is -3.00. The summed E-state index contributed by atoms with van der Waals surface area (Å²) < 4.78 is 2.90. The summed E-state index contributed by atoms with van der Waals surface area (Å²) in [5.74, 6) is -0.0457. The molecule has 0 saturated heterocycles. The second-order valence-electron chi connectivity index (χ2n) is 5.64. The van der Waals surface area contributed by atoms with Crippen LogP contribution in [-0.2, 0) is 11.3 Å². The van der Waals surface area contributed by atoms with Crippen LogP contribution in [0.5, 0.6) is 0 Å². The van der Waals surface area contributed by atoms with Gasteiger partial charge in [0.1, 0.15) is 0 Å². The zero-order chi connectivity index (χ0) is 16.9. The molecule has 1 heterocycles. The first kappa shape index (κ1) is 19.2. The summed E-state index contributed by atoms with van der Waals surface area (Å²) in [5, 5.41) is 2.96. The van der Waals surface area contributed by atoms with Gasteiger partial charge in [-0.15, -0.1) is 0 Å². The molecule has 128 valence electrons. The summed E-state index contributed by atoms with van der Waals surface area (Å²) in [5.41, 5.74) is 4.09. The number of anilines is 1. The van der Waals surface area contributed by atoms with E-state index < -0.39 is 0 Å². The minimum Gasteiger partial charge on any atom is -1.00 e. The van der Waals surface area contributed by atoms with E-state index in [0.29, 0.717) is 0 Å². The Morgan fingerprint density at radius 1 is 1.04 bits per heavy atom. The van der Waals surface area contributed by atoms with E-state index in [0.717, 1.165) is 26.9 Å². The Morgan fingerprint density at radius 2 is 1.76 bits per heavy atom. The highest BCUT2D eigenvalue weighted by Gasteiger charge is 2.12. The molecule has 1 amide bonds. The van der Waals surface area contributed by atoms with Crippen molar-refractivity contribution in [2.45, 2.75) is 13.5 Å². The number of amides is 1. The number of hydrogen-bond donors (Lipinski definition) is 1. The number of carbonyl (C=O) groups excluding carboxylic acids is 1. The highest BCUT2D eigenvalue weighted by molar-refractivity contribution is 9.10. The lowest BCUT2D eigenvalue weighted by atomic mass is 10.1. The first-order valence-corrected chi connectivity index (χ1v) is 8.52. The van der Waals surface area contributed by atoms with Crippen LogP contribution in [0.25, 0.3) is 11.1 Å². The fraction of sp³-hybridized carbons (Fsp3) is 0.100. The minimum atomic E-state index is -0.0457. The van der Waals surface area contributed by atoms with E-state index in [1.165, 1.54) is 0 Å². The van der Waals surface area contributed by atoms with Crippen molar-refractivity contribution in [1.82, 2.24) is 0 Å². The molecule has 5 heteroatoms. The third-order valence-electron chi connectivity index (χ3n) is 3.75. The Labute approximate surface area is 162 Å². The predicted octanol–water partition coefficient (Wildman–Crippen LogP) is 1.35. The molecule has 0 spiro atoms. The Bertz CT molecular complexity index is 869. The summed E-state index contributed by atoms with van der Waals surface area (Å²) in [4.78, 5) is 12.3. The van der Waals surface area contributed by atoms with E-state index in [4.69, 9.17) is 0 Å². The molecule has 0 radical (unpaired) electrons. The van der Waals surface area contributed by atoms with Crippen molar-refractivity contribution in [2.75, 3.05) is 5.32 Å². The van der Waals surface area contributed by atoms with Crippen LogP contribution >= 0.6 is 15.9 Å². The lowest BCUT2D eigenvalue weighted by molar-refractivity contribution is -0.683. The highest BCUT2D eigenvalue weighted by Crippen LogP contribution is 2.20. The maximum atomic E-state index is 12.3. The molecule has 0 aliphatic heterocycles. The van der Waals surface area contributed by atoms with Gasteiger partial charge < -0.3 is 17.7 Å². The number of pyridine rings is 1. The van der Waals surface area contributed by atoms with Crippen LogP contribution < -0.4 is 22.3 Å². The Kier molecular flexibility index (Phi) is 6.73. The van der Waals surface area contributed by atoms with Crippen LogP contribution in [0.2, 0.25) is 0 Å². The van der Waals surface area contributed by atoms with Gasteiger partial charge in [-0.25, -0.2) is 0 Å². The number of benzene rings is 2. The maximum absolute atomic E-state index is 12.3. The number of aryl methyl sites for hydroxylation is 1. The van der Waals surface area contributed by atoms with Gasteiger partial charge in [-0.05, 0) is 42.3 Å². The summed E-state index contributed by atoms with van der Waals surface area (Å²) in [6.45, 7) is 2.25. The minimum absolute atomic E-state index is 0. The van der Waals surface area contributed by atoms with Crippen molar-refractivity contribution in [3.63, 3.8) is 0 Å². The summed E-state index contributed by atoms with van der Waals surface area (Å²) in [6, 6.07) is 20.0. The third kappa shape index (κ3) is 5.15. The summed E-state index contributed by atoms with van der Waals surface area (Å²) in [7, 11) is 0. The van der Waals surface area contributed by atoms with Crippen molar-refractivity contribution in [3.8, 4) is 11.1 Å². The molecule has 0 unspecified atom stereocenters. The van der Waals surface area contributed by atoms with Gasteiger partial charge in [0.25, 0.3) is 5.91 Å². The molecule has 0 aliphatic carbocycles. The molecule has 3 rings (SSSR count). The van der Waals surface area contributed by atoms with Gasteiger partial charge in [0.05, 0.1) is 0 Å². The molecule has 0 aliphatic rings. The molecular weight excluding hydrogens is 400 g/mol. The number of nitrogens with one attached hydrogen (secondary N) is 1. The molecule has 1 aromatic heterocycles. The Balaban J connectivity index is 0.00000225. The largest absolute Gasteiger partial charge is 1.00 e. The highest BCUT2D eigenvalue weighted by atomic mass is 79.9. The fourth-order valence-corrected chi connectivity index (χ4v) is 3.02. The van der Waals surface area contributed by atoms with E-state index >= 15 is 0 Å². The van der Waals surface area contributed by atoms with Gasteiger partial charge in [-0.3, -0.25) is 4.79 Å². The van der Waals surface area contributed by atoms with Crippen LogP contribution in [0.4, 0.5) is 5.69 Å². The van der Waals surface area contributed by atoms with E-state index in [2.05, 4.69) is 33.4 Å². The number of aromatic nitrogens is 1. The smallest absolute Gasteiger partial charge is 0.290 e. The fourth-order valence-electron chi connectivity index (χ4n) is 2.54.